The van der Waals surface area contributed by atoms with Crippen LogP contribution in [0.15, 0.2) is 0 Å². The smallest absolute Gasteiger partial charge is 0.0195 e. The molecule has 3 rings (SSSR count). The van der Waals surface area contributed by atoms with Gasteiger partial charge in [0.1, 0.15) is 0 Å². The van der Waals surface area contributed by atoms with Gasteiger partial charge in [-0.15, -0.1) is 0 Å². The van der Waals surface area contributed by atoms with Crippen LogP contribution in [0, 0.1) is 11.3 Å². The molecule has 110 valence electrons. The minimum absolute atomic E-state index is 0.599. The molecule has 2 saturated carbocycles. The standard InChI is InChI=1S/C17H32N2/c1-17(10-4-5-11-17)13-18-12-15-9-8-14-6-2-3-7-16(14)19-15/h14-16,18-19H,2-13H2,1H3. The highest BCUT2D eigenvalue weighted by molar-refractivity contribution is 4.90. The summed E-state index contributed by atoms with van der Waals surface area (Å²) in [7, 11) is 0. The van der Waals surface area contributed by atoms with Crippen LogP contribution in [-0.4, -0.2) is 25.2 Å². The molecular weight excluding hydrogens is 232 g/mol. The minimum Gasteiger partial charge on any atom is -0.315 e. The Morgan fingerprint density at radius 1 is 1.00 bits per heavy atom. The molecule has 3 unspecified atom stereocenters. The molecule has 0 amide bonds. The average Bonchev–Trinajstić information content (AvgIpc) is 2.86. The summed E-state index contributed by atoms with van der Waals surface area (Å²) in [5.41, 5.74) is 0.599. The van der Waals surface area contributed by atoms with Crippen molar-refractivity contribution in [2.24, 2.45) is 11.3 Å². The summed E-state index contributed by atoms with van der Waals surface area (Å²) in [5.74, 6) is 0.998. The quantitative estimate of drug-likeness (QED) is 0.812. The van der Waals surface area contributed by atoms with Crippen LogP contribution < -0.4 is 10.6 Å². The third kappa shape index (κ3) is 3.52. The van der Waals surface area contributed by atoms with Gasteiger partial charge in [-0.05, 0) is 49.9 Å². The van der Waals surface area contributed by atoms with Crippen LogP contribution in [0.5, 0.6) is 0 Å². The van der Waals surface area contributed by atoms with E-state index in [1.807, 2.05) is 0 Å². The van der Waals surface area contributed by atoms with E-state index in [-0.39, 0.29) is 0 Å². The summed E-state index contributed by atoms with van der Waals surface area (Å²) >= 11 is 0. The summed E-state index contributed by atoms with van der Waals surface area (Å²) in [6.07, 6.45) is 14.5. The summed E-state index contributed by atoms with van der Waals surface area (Å²) in [6, 6.07) is 1.58. The Kier molecular flexibility index (Phi) is 4.48. The Balaban J connectivity index is 1.39. The van der Waals surface area contributed by atoms with Crippen molar-refractivity contribution in [2.45, 2.75) is 83.2 Å². The van der Waals surface area contributed by atoms with Crippen molar-refractivity contribution in [1.82, 2.24) is 10.6 Å². The Hall–Kier alpha value is -0.0800. The molecule has 2 heteroatoms. The molecular formula is C17H32N2. The van der Waals surface area contributed by atoms with Crippen molar-refractivity contribution in [3.8, 4) is 0 Å². The zero-order valence-corrected chi connectivity index (χ0v) is 12.7. The molecule has 0 bridgehead atoms. The predicted octanol–water partition coefficient (Wildman–Crippen LogP) is 3.47. The van der Waals surface area contributed by atoms with Crippen molar-refractivity contribution in [3.05, 3.63) is 0 Å². The molecule has 1 aliphatic heterocycles. The first kappa shape index (κ1) is 13.9. The SMILES string of the molecule is CC1(CNCC2CCC3CCCCC3N2)CCCC1. The van der Waals surface area contributed by atoms with E-state index in [0.29, 0.717) is 5.41 Å². The highest BCUT2D eigenvalue weighted by Gasteiger charge is 2.32. The van der Waals surface area contributed by atoms with Crippen molar-refractivity contribution in [1.29, 1.82) is 0 Å². The van der Waals surface area contributed by atoms with Crippen molar-refractivity contribution in [3.63, 3.8) is 0 Å². The van der Waals surface area contributed by atoms with Crippen molar-refractivity contribution < 1.29 is 0 Å². The number of rotatable bonds is 4. The van der Waals surface area contributed by atoms with Crippen molar-refractivity contribution in [2.75, 3.05) is 13.1 Å². The Morgan fingerprint density at radius 3 is 2.63 bits per heavy atom. The van der Waals surface area contributed by atoms with Crippen molar-refractivity contribution >= 4 is 0 Å². The van der Waals surface area contributed by atoms with Gasteiger partial charge in [0, 0.05) is 25.2 Å². The molecule has 2 aliphatic carbocycles. The van der Waals surface area contributed by atoms with Gasteiger partial charge < -0.3 is 10.6 Å². The van der Waals surface area contributed by atoms with Gasteiger partial charge in [-0.25, -0.2) is 0 Å². The van der Waals surface area contributed by atoms with E-state index in [1.54, 1.807) is 0 Å². The second-order valence-electron chi connectivity index (χ2n) is 7.74. The van der Waals surface area contributed by atoms with Crippen LogP contribution in [0.1, 0.15) is 71.1 Å². The molecule has 0 aromatic carbocycles. The summed E-state index contributed by atoms with van der Waals surface area (Å²) in [6.45, 7) is 4.90. The third-order valence-corrected chi connectivity index (χ3v) is 6.00. The third-order valence-electron chi connectivity index (χ3n) is 6.00. The lowest BCUT2D eigenvalue weighted by atomic mass is 9.78. The van der Waals surface area contributed by atoms with E-state index in [0.717, 1.165) is 18.0 Å². The number of hydrogen-bond donors (Lipinski definition) is 2. The Bertz CT molecular complexity index is 283. The number of fused-ring (bicyclic) bond motifs is 1. The molecule has 0 aromatic heterocycles. The van der Waals surface area contributed by atoms with Crippen LogP contribution >= 0.6 is 0 Å². The molecule has 1 saturated heterocycles. The van der Waals surface area contributed by atoms with Gasteiger partial charge in [-0.1, -0.05) is 32.6 Å². The molecule has 0 spiro atoms. The first-order chi connectivity index (χ1) is 9.25. The van der Waals surface area contributed by atoms with Gasteiger partial charge >= 0.3 is 0 Å². The fourth-order valence-corrected chi connectivity index (χ4v) is 4.69. The van der Waals surface area contributed by atoms with E-state index >= 15 is 0 Å². The molecule has 2 N–H and O–H groups in total. The van der Waals surface area contributed by atoms with Gasteiger partial charge in [0.25, 0.3) is 0 Å². The fourth-order valence-electron chi connectivity index (χ4n) is 4.69. The summed E-state index contributed by atoms with van der Waals surface area (Å²) < 4.78 is 0. The first-order valence-electron chi connectivity index (χ1n) is 8.72. The molecule has 3 fully saturated rings. The Morgan fingerprint density at radius 2 is 1.79 bits per heavy atom. The maximum atomic E-state index is 3.93. The number of hydrogen-bond acceptors (Lipinski definition) is 2. The normalized spacial score (nSPS) is 38.1. The van der Waals surface area contributed by atoms with Crippen LogP contribution in [0.2, 0.25) is 0 Å². The molecule has 3 atom stereocenters. The molecule has 2 nitrogen and oxygen atoms in total. The molecule has 19 heavy (non-hydrogen) atoms. The minimum atomic E-state index is 0.599. The van der Waals surface area contributed by atoms with Crippen LogP contribution in [0.4, 0.5) is 0 Å². The summed E-state index contributed by atoms with van der Waals surface area (Å²) in [4.78, 5) is 0. The van der Waals surface area contributed by atoms with Gasteiger partial charge in [0.2, 0.25) is 0 Å². The zero-order chi connectivity index (χ0) is 13.1. The highest BCUT2D eigenvalue weighted by Crippen LogP contribution is 2.37. The van der Waals surface area contributed by atoms with Gasteiger partial charge in [-0.3, -0.25) is 0 Å². The van der Waals surface area contributed by atoms with E-state index < -0.39 is 0 Å². The second kappa shape index (κ2) is 6.13. The summed E-state index contributed by atoms with van der Waals surface area (Å²) in [5, 5.41) is 7.70. The maximum Gasteiger partial charge on any atom is 0.0195 e. The second-order valence-corrected chi connectivity index (χ2v) is 7.74. The maximum absolute atomic E-state index is 3.93. The zero-order valence-electron chi connectivity index (χ0n) is 12.7. The van der Waals surface area contributed by atoms with Gasteiger partial charge in [0.05, 0.1) is 0 Å². The van der Waals surface area contributed by atoms with Crippen LogP contribution in [0.25, 0.3) is 0 Å². The van der Waals surface area contributed by atoms with Crippen LogP contribution in [-0.2, 0) is 0 Å². The van der Waals surface area contributed by atoms with E-state index in [1.165, 1.54) is 77.3 Å². The lowest BCUT2D eigenvalue weighted by molar-refractivity contribution is 0.171. The molecule has 0 aromatic rings. The monoisotopic (exact) mass is 264 g/mol. The Labute approximate surface area is 119 Å². The fraction of sp³-hybridized carbons (Fsp3) is 1.00. The van der Waals surface area contributed by atoms with E-state index in [4.69, 9.17) is 0 Å². The van der Waals surface area contributed by atoms with E-state index in [9.17, 15) is 0 Å². The van der Waals surface area contributed by atoms with Crippen LogP contribution in [0.3, 0.4) is 0 Å². The molecule has 3 aliphatic rings. The predicted molar refractivity (Wildman–Crippen MR) is 81.3 cm³/mol. The lowest BCUT2D eigenvalue weighted by Crippen LogP contribution is -2.52. The molecule has 1 heterocycles. The number of piperidine rings is 1. The lowest BCUT2D eigenvalue weighted by Gasteiger charge is -2.41. The average molecular weight is 264 g/mol. The first-order valence-corrected chi connectivity index (χ1v) is 8.72. The topological polar surface area (TPSA) is 24.1 Å². The van der Waals surface area contributed by atoms with Gasteiger partial charge in [0.15, 0.2) is 0 Å². The molecule has 0 radical (unpaired) electrons. The largest absolute Gasteiger partial charge is 0.315 e. The van der Waals surface area contributed by atoms with Gasteiger partial charge in [-0.2, -0.15) is 0 Å². The van der Waals surface area contributed by atoms with E-state index in [2.05, 4.69) is 17.6 Å². The highest BCUT2D eigenvalue weighted by atomic mass is 15.0. The number of nitrogens with one attached hydrogen (secondary N) is 2.